The molecule has 0 unspecified atom stereocenters. The van der Waals surface area contributed by atoms with E-state index in [-0.39, 0.29) is 18.2 Å². The van der Waals surface area contributed by atoms with Crippen LogP contribution in [0.4, 0.5) is 5.69 Å². The first kappa shape index (κ1) is 19.2. The largest absolute Gasteiger partial charge is 0.481 e. The van der Waals surface area contributed by atoms with Crippen molar-refractivity contribution in [2.75, 3.05) is 18.5 Å². The summed E-state index contributed by atoms with van der Waals surface area (Å²) < 4.78 is 0. The smallest absolute Gasteiger partial charge is 0.303 e. The molecule has 0 spiro atoms. The van der Waals surface area contributed by atoms with Crippen LogP contribution in [0, 0.1) is 0 Å². The fraction of sp³-hybridized carbons (Fsp3) is 0.250. The molecule has 136 valence electrons. The third-order valence-corrected chi connectivity index (χ3v) is 3.92. The molecule has 0 aliphatic rings. The molecule has 0 saturated carbocycles. The molecule has 0 atom stereocenters. The number of hydrogen-bond acceptors (Lipinski definition) is 3. The fourth-order valence-electron chi connectivity index (χ4n) is 2.46. The van der Waals surface area contributed by atoms with Gasteiger partial charge >= 0.3 is 5.97 Å². The summed E-state index contributed by atoms with van der Waals surface area (Å²) in [5.74, 6) is -1.32. The number of carboxylic acid groups (broad SMARTS) is 1. The Balaban J connectivity index is 1.97. The average Bonchev–Trinajstić information content (AvgIpc) is 2.67. The number of hydrogen-bond donors (Lipinski definition) is 2. The number of nitrogens with one attached hydrogen (secondary N) is 1. The monoisotopic (exact) mass is 354 g/mol. The normalized spacial score (nSPS) is 10.2. The number of benzene rings is 2. The highest BCUT2D eigenvalue weighted by atomic mass is 16.4. The van der Waals surface area contributed by atoms with Crippen molar-refractivity contribution in [3.63, 3.8) is 0 Å². The summed E-state index contributed by atoms with van der Waals surface area (Å²) in [4.78, 5) is 36.8. The van der Waals surface area contributed by atoms with Crippen LogP contribution in [0.15, 0.2) is 54.6 Å². The molecule has 0 bridgehead atoms. The van der Waals surface area contributed by atoms with E-state index in [1.54, 1.807) is 31.3 Å². The summed E-state index contributed by atoms with van der Waals surface area (Å²) in [5.41, 5.74) is 1.59. The Morgan fingerprint density at radius 2 is 1.65 bits per heavy atom. The van der Waals surface area contributed by atoms with E-state index in [1.807, 2.05) is 30.3 Å². The minimum atomic E-state index is -0.843. The van der Waals surface area contributed by atoms with Gasteiger partial charge < -0.3 is 15.3 Å². The average molecular weight is 354 g/mol. The molecule has 2 aromatic rings. The van der Waals surface area contributed by atoms with Crippen molar-refractivity contribution < 1.29 is 19.5 Å². The lowest BCUT2D eigenvalue weighted by atomic mass is 10.1. The number of para-hydroxylation sites is 1. The first-order valence-corrected chi connectivity index (χ1v) is 8.42. The zero-order valence-electron chi connectivity index (χ0n) is 14.6. The standard InChI is InChI=1S/C20H22N2O4/c1-22(17-10-3-2-4-11-17)20(26)16-9-7-8-15(14-16)19(25)21-13-6-5-12-18(23)24/h2-4,7-11,14H,5-6,12-13H2,1H3,(H,21,25)(H,23,24). The van der Waals surface area contributed by atoms with E-state index in [0.717, 1.165) is 5.69 Å². The number of nitrogens with zero attached hydrogens (tertiary/aromatic N) is 1. The number of rotatable bonds is 8. The Kier molecular flexibility index (Phi) is 6.91. The maximum absolute atomic E-state index is 12.6. The predicted octanol–water partition coefficient (Wildman–Crippen LogP) is 2.95. The minimum Gasteiger partial charge on any atom is -0.481 e. The third kappa shape index (κ3) is 5.44. The second kappa shape index (κ2) is 9.36. The summed E-state index contributed by atoms with van der Waals surface area (Å²) in [6.45, 7) is 0.397. The summed E-state index contributed by atoms with van der Waals surface area (Å²) >= 11 is 0. The van der Waals surface area contributed by atoms with Gasteiger partial charge in [0.15, 0.2) is 0 Å². The van der Waals surface area contributed by atoms with Gasteiger partial charge in [-0.1, -0.05) is 24.3 Å². The molecule has 0 aliphatic heterocycles. The number of unbranched alkanes of at least 4 members (excludes halogenated alkanes) is 1. The summed E-state index contributed by atoms with van der Waals surface area (Å²) in [6.07, 6.45) is 1.19. The van der Waals surface area contributed by atoms with Gasteiger partial charge in [0.1, 0.15) is 0 Å². The van der Waals surface area contributed by atoms with Crippen LogP contribution in [0.1, 0.15) is 40.0 Å². The van der Waals surface area contributed by atoms with Gasteiger partial charge in [-0.3, -0.25) is 14.4 Å². The molecule has 26 heavy (non-hydrogen) atoms. The van der Waals surface area contributed by atoms with Crippen LogP contribution in [0.5, 0.6) is 0 Å². The SMILES string of the molecule is CN(C(=O)c1cccc(C(=O)NCCCCC(=O)O)c1)c1ccccc1. The van der Waals surface area contributed by atoms with Crippen molar-refractivity contribution in [3.8, 4) is 0 Å². The van der Waals surface area contributed by atoms with Gasteiger partial charge in [-0.2, -0.15) is 0 Å². The van der Waals surface area contributed by atoms with Gasteiger partial charge in [-0.25, -0.2) is 0 Å². The van der Waals surface area contributed by atoms with Crippen LogP contribution in [0.25, 0.3) is 0 Å². The Morgan fingerprint density at radius 1 is 0.962 bits per heavy atom. The second-order valence-corrected chi connectivity index (χ2v) is 5.89. The highest BCUT2D eigenvalue weighted by Crippen LogP contribution is 2.15. The van der Waals surface area contributed by atoms with E-state index >= 15 is 0 Å². The Morgan fingerprint density at radius 3 is 2.35 bits per heavy atom. The molecular weight excluding hydrogens is 332 g/mol. The molecule has 0 heterocycles. The summed E-state index contributed by atoms with van der Waals surface area (Å²) in [7, 11) is 1.69. The Hall–Kier alpha value is -3.15. The third-order valence-electron chi connectivity index (χ3n) is 3.92. The molecule has 2 N–H and O–H groups in total. The van der Waals surface area contributed by atoms with Crippen molar-refractivity contribution >= 4 is 23.5 Å². The van der Waals surface area contributed by atoms with Crippen molar-refractivity contribution in [2.24, 2.45) is 0 Å². The Labute approximate surface area is 152 Å². The van der Waals surface area contributed by atoms with Crippen molar-refractivity contribution in [1.29, 1.82) is 0 Å². The first-order chi connectivity index (χ1) is 12.5. The second-order valence-electron chi connectivity index (χ2n) is 5.89. The van der Waals surface area contributed by atoms with E-state index in [9.17, 15) is 14.4 Å². The number of carbonyl (C=O) groups excluding carboxylic acids is 2. The maximum atomic E-state index is 12.6. The quantitative estimate of drug-likeness (QED) is 0.714. The number of aliphatic carboxylic acids is 1. The molecule has 0 aliphatic carbocycles. The first-order valence-electron chi connectivity index (χ1n) is 8.42. The molecule has 2 aromatic carbocycles. The summed E-state index contributed by atoms with van der Waals surface area (Å²) in [5, 5.41) is 11.3. The summed E-state index contributed by atoms with van der Waals surface area (Å²) in [6, 6.07) is 15.8. The molecule has 0 saturated heterocycles. The number of anilines is 1. The lowest BCUT2D eigenvalue weighted by Gasteiger charge is -2.17. The number of carboxylic acids is 1. The topological polar surface area (TPSA) is 86.7 Å². The highest BCUT2D eigenvalue weighted by molar-refractivity contribution is 6.07. The fourth-order valence-corrected chi connectivity index (χ4v) is 2.46. The molecule has 2 rings (SSSR count). The van der Waals surface area contributed by atoms with E-state index in [0.29, 0.717) is 30.5 Å². The van der Waals surface area contributed by atoms with E-state index in [2.05, 4.69) is 5.32 Å². The molecule has 6 heteroatoms. The van der Waals surface area contributed by atoms with Gasteiger partial charge in [0.25, 0.3) is 11.8 Å². The van der Waals surface area contributed by atoms with Crippen LogP contribution in [0.2, 0.25) is 0 Å². The van der Waals surface area contributed by atoms with Gasteiger partial charge in [0.2, 0.25) is 0 Å². The van der Waals surface area contributed by atoms with Crippen LogP contribution in [-0.4, -0.2) is 36.5 Å². The number of amides is 2. The lowest BCUT2D eigenvalue weighted by Crippen LogP contribution is -2.27. The zero-order chi connectivity index (χ0) is 18.9. The van der Waals surface area contributed by atoms with Gasteiger partial charge in [-0.15, -0.1) is 0 Å². The zero-order valence-corrected chi connectivity index (χ0v) is 14.6. The molecule has 6 nitrogen and oxygen atoms in total. The van der Waals surface area contributed by atoms with E-state index in [1.165, 1.54) is 4.90 Å². The minimum absolute atomic E-state index is 0.0890. The highest BCUT2D eigenvalue weighted by Gasteiger charge is 2.15. The lowest BCUT2D eigenvalue weighted by molar-refractivity contribution is -0.137. The molecule has 0 aromatic heterocycles. The van der Waals surface area contributed by atoms with Gasteiger partial charge in [0, 0.05) is 36.8 Å². The van der Waals surface area contributed by atoms with Gasteiger partial charge in [0.05, 0.1) is 0 Å². The van der Waals surface area contributed by atoms with Crippen molar-refractivity contribution in [2.45, 2.75) is 19.3 Å². The molecule has 2 amide bonds. The van der Waals surface area contributed by atoms with Crippen LogP contribution < -0.4 is 10.2 Å². The van der Waals surface area contributed by atoms with Crippen LogP contribution in [-0.2, 0) is 4.79 Å². The molecular formula is C20H22N2O4. The van der Waals surface area contributed by atoms with E-state index < -0.39 is 5.97 Å². The van der Waals surface area contributed by atoms with Crippen LogP contribution >= 0.6 is 0 Å². The molecule has 0 fully saturated rings. The number of carbonyl (C=O) groups is 3. The van der Waals surface area contributed by atoms with Crippen LogP contribution in [0.3, 0.4) is 0 Å². The van der Waals surface area contributed by atoms with Crippen molar-refractivity contribution in [3.05, 3.63) is 65.7 Å². The Bertz CT molecular complexity index is 774. The maximum Gasteiger partial charge on any atom is 0.303 e. The van der Waals surface area contributed by atoms with E-state index in [4.69, 9.17) is 5.11 Å². The molecule has 0 radical (unpaired) electrons. The van der Waals surface area contributed by atoms with Gasteiger partial charge in [-0.05, 0) is 43.2 Å². The van der Waals surface area contributed by atoms with Crippen molar-refractivity contribution in [1.82, 2.24) is 5.32 Å². The predicted molar refractivity (Wildman–Crippen MR) is 99.4 cm³/mol.